The summed E-state index contributed by atoms with van der Waals surface area (Å²) in [6.07, 6.45) is -0.908. The summed E-state index contributed by atoms with van der Waals surface area (Å²) in [7, 11) is 0. The average molecular weight is 281 g/mol. The number of halogens is 3. The fourth-order valence-electron chi connectivity index (χ4n) is 1.77. The highest BCUT2D eigenvalue weighted by atomic mass is 19.4. The minimum Gasteiger partial charge on any atom is -0.370 e. The van der Waals surface area contributed by atoms with Gasteiger partial charge in [0.15, 0.2) is 0 Å². The summed E-state index contributed by atoms with van der Waals surface area (Å²) in [6.45, 7) is 1.31. The highest BCUT2D eigenvalue weighted by Crippen LogP contribution is 2.27. The Morgan fingerprint density at radius 1 is 1.32 bits per heavy atom. The third-order valence-corrected chi connectivity index (χ3v) is 2.53. The van der Waals surface area contributed by atoms with Crippen LogP contribution in [0.15, 0.2) is 5.22 Å². The Kier molecular flexibility index (Phi) is 7.02. The van der Waals surface area contributed by atoms with Gasteiger partial charge in [0.2, 0.25) is 11.7 Å². The van der Waals surface area contributed by atoms with Crippen LogP contribution in [0, 0.1) is 10.9 Å². The molecule has 0 aliphatic heterocycles. The normalized spacial score (nSPS) is 16.0. The van der Waals surface area contributed by atoms with Gasteiger partial charge >= 0.3 is 6.18 Å². The minimum absolute atomic E-state index is 0.333. The van der Waals surface area contributed by atoms with Crippen LogP contribution in [0.4, 0.5) is 13.2 Å². The fraction of sp³-hybridized carbons (Fsp3) is 0.800. The zero-order valence-electron chi connectivity index (χ0n) is 10.6. The van der Waals surface area contributed by atoms with Crippen LogP contribution in [-0.2, 0) is 4.79 Å². The molecule has 1 amide bonds. The van der Waals surface area contributed by atoms with Crippen LogP contribution in [-0.4, -0.2) is 29.0 Å². The van der Waals surface area contributed by atoms with Crippen molar-refractivity contribution in [3.05, 3.63) is 0 Å². The molecule has 0 aromatic carbocycles. The molecule has 0 aromatic heterocycles. The smallest absolute Gasteiger partial charge is 0.370 e. The summed E-state index contributed by atoms with van der Waals surface area (Å²) in [6, 6.07) is -0.439. The molecule has 9 heteroatoms. The number of rotatable bonds is 2. The van der Waals surface area contributed by atoms with Gasteiger partial charge in [-0.25, -0.2) is 5.01 Å². The third kappa shape index (κ3) is 6.73. The summed E-state index contributed by atoms with van der Waals surface area (Å²) >= 11 is 0. The van der Waals surface area contributed by atoms with Gasteiger partial charge in [-0.1, -0.05) is 24.5 Å². The number of nitrogens with zero attached hydrogens (tertiary/aromatic N) is 2. The monoisotopic (exact) mass is 281 g/mol. The zero-order valence-corrected chi connectivity index (χ0v) is 10.6. The van der Waals surface area contributed by atoms with Crippen molar-refractivity contribution in [1.82, 2.24) is 5.01 Å². The van der Waals surface area contributed by atoms with Crippen LogP contribution in [0.3, 0.4) is 0 Å². The van der Waals surface area contributed by atoms with E-state index >= 15 is 0 Å². The molecule has 0 atom stereocenters. The van der Waals surface area contributed by atoms with Crippen LogP contribution >= 0.6 is 0 Å². The molecule has 0 bridgehead atoms. The van der Waals surface area contributed by atoms with Crippen molar-refractivity contribution >= 4 is 11.7 Å². The number of hydrogen-bond donors (Lipinski definition) is 3. The van der Waals surface area contributed by atoms with Crippen molar-refractivity contribution in [2.75, 3.05) is 0 Å². The molecule has 1 saturated carbocycles. The number of hydrogen-bond acceptors (Lipinski definition) is 4. The van der Waals surface area contributed by atoms with Gasteiger partial charge in [0.1, 0.15) is 0 Å². The van der Waals surface area contributed by atoms with Crippen LogP contribution in [0.1, 0.15) is 39.0 Å². The van der Waals surface area contributed by atoms with E-state index in [0.29, 0.717) is 17.9 Å². The molecule has 1 fully saturated rings. The first-order valence-corrected chi connectivity index (χ1v) is 5.78. The summed E-state index contributed by atoms with van der Waals surface area (Å²) in [5.74, 6) is -1.87. The highest BCUT2D eigenvalue weighted by Gasteiger charge is 2.41. The van der Waals surface area contributed by atoms with Crippen molar-refractivity contribution in [2.24, 2.45) is 11.0 Å². The number of carbonyl (C=O) groups is 1. The number of primary amides is 1. The Hall–Kier alpha value is -1.67. The number of amides is 1. The predicted molar refractivity (Wildman–Crippen MR) is 62.5 cm³/mol. The van der Waals surface area contributed by atoms with E-state index in [1.54, 1.807) is 0 Å². The average Bonchev–Trinajstić information content (AvgIpc) is 2.29. The van der Waals surface area contributed by atoms with Crippen molar-refractivity contribution in [3.8, 4) is 0 Å². The molecule has 0 heterocycles. The van der Waals surface area contributed by atoms with Gasteiger partial charge in [-0.05, 0) is 12.8 Å². The number of alkyl halides is 3. The van der Waals surface area contributed by atoms with E-state index in [1.165, 1.54) is 6.92 Å². The first kappa shape index (κ1) is 17.3. The predicted octanol–water partition coefficient (Wildman–Crippen LogP) is 2.60. The summed E-state index contributed by atoms with van der Waals surface area (Å²) in [5.41, 5.74) is 11.2. The second-order valence-electron chi connectivity index (χ2n) is 4.19. The quantitative estimate of drug-likeness (QED) is 0.313. The van der Waals surface area contributed by atoms with Crippen molar-refractivity contribution in [3.63, 3.8) is 0 Å². The van der Waals surface area contributed by atoms with E-state index in [-0.39, 0.29) is 5.91 Å². The molecule has 19 heavy (non-hydrogen) atoms. The lowest BCUT2D eigenvalue weighted by Gasteiger charge is -2.30. The maximum Gasteiger partial charge on any atom is 0.450 e. The van der Waals surface area contributed by atoms with Gasteiger partial charge in [-0.2, -0.15) is 18.7 Å². The molecule has 1 aliphatic rings. The summed E-state index contributed by atoms with van der Waals surface area (Å²) < 4.78 is 36.7. The third-order valence-electron chi connectivity index (χ3n) is 2.53. The molecule has 1 rings (SSSR count). The number of carbonyl (C=O) groups excluding carboxylic acids is 1. The molecule has 0 unspecified atom stereocenters. The lowest BCUT2D eigenvalue weighted by Crippen LogP contribution is -2.43. The Morgan fingerprint density at radius 3 is 2.05 bits per heavy atom. The Bertz CT molecular complexity index is 322. The molecular weight excluding hydrogens is 263 g/mol. The number of amidine groups is 1. The first-order chi connectivity index (χ1) is 8.70. The lowest BCUT2D eigenvalue weighted by atomic mass is 9.95. The van der Waals surface area contributed by atoms with Crippen molar-refractivity contribution in [1.29, 1.82) is 10.9 Å². The number of nitrogens with one attached hydrogen (secondary N) is 2. The summed E-state index contributed by atoms with van der Waals surface area (Å²) in [4.78, 5) is 9.22. The lowest BCUT2D eigenvalue weighted by molar-refractivity contribution is -0.115. The maximum atomic E-state index is 12.2. The molecule has 0 radical (unpaired) electrons. The van der Waals surface area contributed by atoms with E-state index in [1.807, 2.05) is 0 Å². The molecule has 0 aromatic rings. The van der Waals surface area contributed by atoms with Crippen LogP contribution in [0.2, 0.25) is 0 Å². The highest BCUT2D eigenvalue weighted by molar-refractivity contribution is 5.84. The van der Waals surface area contributed by atoms with Gasteiger partial charge in [0.25, 0.3) is 0 Å². The maximum absolute atomic E-state index is 12.2. The van der Waals surface area contributed by atoms with E-state index in [2.05, 4.69) is 11.0 Å². The van der Waals surface area contributed by atoms with Gasteiger partial charge in [0, 0.05) is 6.92 Å². The largest absolute Gasteiger partial charge is 0.450 e. The number of nitrogens with two attached hydrogens (primary N) is 1. The Balaban J connectivity index is 0.000000711. The standard InChI is InChI=1S/C8H13F3N4.C2H5NO/c9-8(10,11)7(12)15(14-13)6-4-2-1-3-5-6;1-2(3)4/h6,12-13H,1-5H2;1H3,(H2,3,4). The zero-order chi connectivity index (χ0) is 15.1. The topological polar surface area (TPSA) is 106 Å². The SMILES string of the molecule is CC(N)=O.N=NN(C(=N)C(F)(F)F)C1CCCCC1. The van der Waals surface area contributed by atoms with Gasteiger partial charge in [-0.15, -0.1) is 0 Å². The molecule has 6 nitrogen and oxygen atoms in total. The second-order valence-corrected chi connectivity index (χ2v) is 4.19. The Morgan fingerprint density at radius 2 is 1.74 bits per heavy atom. The van der Waals surface area contributed by atoms with Crippen LogP contribution in [0.5, 0.6) is 0 Å². The van der Waals surface area contributed by atoms with Gasteiger partial charge < -0.3 is 5.73 Å². The molecular formula is C10H18F3N5O. The van der Waals surface area contributed by atoms with Crippen LogP contribution in [0.25, 0.3) is 0 Å². The molecule has 1 aliphatic carbocycles. The van der Waals surface area contributed by atoms with E-state index < -0.39 is 18.1 Å². The first-order valence-electron chi connectivity index (χ1n) is 5.78. The van der Waals surface area contributed by atoms with E-state index in [4.69, 9.17) is 10.9 Å². The minimum atomic E-state index is -4.72. The van der Waals surface area contributed by atoms with Gasteiger partial charge in [-0.3, -0.25) is 10.2 Å². The molecule has 4 N–H and O–H groups in total. The van der Waals surface area contributed by atoms with Crippen molar-refractivity contribution in [2.45, 2.75) is 51.2 Å². The fourth-order valence-corrected chi connectivity index (χ4v) is 1.77. The second kappa shape index (κ2) is 7.70. The molecule has 0 spiro atoms. The van der Waals surface area contributed by atoms with Crippen molar-refractivity contribution < 1.29 is 18.0 Å². The van der Waals surface area contributed by atoms with Crippen LogP contribution < -0.4 is 5.73 Å². The molecule has 110 valence electrons. The van der Waals surface area contributed by atoms with E-state index in [9.17, 15) is 18.0 Å². The Labute approximate surface area is 109 Å². The summed E-state index contributed by atoms with van der Waals surface area (Å²) in [5, 5.41) is 10.2. The van der Waals surface area contributed by atoms with E-state index in [0.717, 1.165) is 19.3 Å². The van der Waals surface area contributed by atoms with Gasteiger partial charge in [0.05, 0.1) is 6.04 Å². The molecule has 0 saturated heterocycles.